The van der Waals surface area contributed by atoms with Crippen molar-refractivity contribution < 1.29 is 14.3 Å². The Morgan fingerprint density at radius 1 is 1.24 bits per heavy atom. The van der Waals surface area contributed by atoms with Crippen LogP contribution in [0.3, 0.4) is 0 Å². The molecule has 3 rings (SSSR count). The molecule has 0 spiro atoms. The standard InChI is InChI=1S/C15H14N2O3S/c1-9-6-12(19-2)13(20-3)7-10(9)14-11(8-18)17-4-5-21-15(17)16-14/h4-8H,1-3H3. The van der Waals surface area contributed by atoms with Crippen molar-refractivity contribution in [2.24, 2.45) is 0 Å². The van der Waals surface area contributed by atoms with Gasteiger partial charge in [-0.2, -0.15) is 0 Å². The van der Waals surface area contributed by atoms with Gasteiger partial charge in [0, 0.05) is 17.1 Å². The first-order valence-electron chi connectivity index (χ1n) is 6.33. The number of carbonyl (C=O) groups is 1. The monoisotopic (exact) mass is 302 g/mol. The zero-order chi connectivity index (χ0) is 15.0. The average molecular weight is 302 g/mol. The minimum atomic E-state index is 0.543. The molecule has 0 saturated carbocycles. The molecule has 6 heteroatoms. The topological polar surface area (TPSA) is 52.8 Å². The minimum Gasteiger partial charge on any atom is -0.493 e. The molecular formula is C15H14N2O3S. The van der Waals surface area contributed by atoms with Gasteiger partial charge in [-0.15, -0.1) is 11.3 Å². The van der Waals surface area contributed by atoms with Crippen LogP contribution in [0.4, 0.5) is 0 Å². The highest BCUT2D eigenvalue weighted by Crippen LogP contribution is 2.36. The van der Waals surface area contributed by atoms with Gasteiger partial charge in [0.1, 0.15) is 11.4 Å². The molecular weight excluding hydrogens is 288 g/mol. The summed E-state index contributed by atoms with van der Waals surface area (Å²) in [6, 6.07) is 3.74. The van der Waals surface area contributed by atoms with Crippen molar-refractivity contribution in [3.05, 3.63) is 35.0 Å². The second-order valence-electron chi connectivity index (χ2n) is 4.54. The molecule has 0 aliphatic rings. The van der Waals surface area contributed by atoms with E-state index in [1.165, 1.54) is 11.3 Å². The van der Waals surface area contributed by atoms with Gasteiger partial charge in [0.2, 0.25) is 0 Å². The SMILES string of the molecule is COc1cc(C)c(-c2nc3sccn3c2C=O)cc1OC. The molecule has 0 radical (unpaired) electrons. The van der Waals surface area contributed by atoms with E-state index in [4.69, 9.17) is 9.47 Å². The van der Waals surface area contributed by atoms with Crippen molar-refractivity contribution >= 4 is 22.6 Å². The number of thiazole rings is 1. The van der Waals surface area contributed by atoms with E-state index in [2.05, 4.69) is 4.98 Å². The highest BCUT2D eigenvalue weighted by molar-refractivity contribution is 7.15. The summed E-state index contributed by atoms with van der Waals surface area (Å²) in [5.41, 5.74) is 3.05. The van der Waals surface area contributed by atoms with Crippen LogP contribution >= 0.6 is 11.3 Å². The Labute approximate surface area is 125 Å². The van der Waals surface area contributed by atoms with Crippen molar-refractivity contribution in [1.82, 2.24) is 9.38 Å². The molecule has 0 bridgehead atoms. The van der Waals surface area contributed by atoms with Crippen LogP contribution in [0.5, 0.6) is 11.5 Å². The average Bonchev–Trinajstić information content (AvgIpc) is 3.07. The van der Waals surface area contributed by atoms with E-state index in [0.717, 1.165) is 22.4 Å². The smallest absolute Gasteiger partial charge is 0.194 e. The summed E-state index contributed by atoms with van der Waals surface area (Å²) in [6.45, 7) is 1.96. The lowest BCUT2D eigenvalue weighted by atomic mass is 10.0. The fraction of sp³-hybridized carbons (Fsp3) is 0.200. The van der Waals surface area contributed by atoms with E-state index in [1.54, 1.807) is 18.6 Å². The van der Waals surface area contributed by atoms with Gasteiger partial charge >= 0.3 is 0 Å². The molecule has 0 aliphatic carbocycles. The van der Waals surface area contributed by atoms with Crippen LogP contribution in [0.2, 0.25) is 0 Å². The summed E-state index contributed by atoms with van der Waals surface area (Å²) in [5.74, 6) is 1.28. The van der Waals surface area contributed by atoms with Crippen LogP contribution in [0.15, 0.2) is 23.7 Å². The Bertz CT molecular complexity index is 820. The van der Waals surface area contributed by atoms with E-state index in [0.29, 0.717) is 22.9 Å². The first kappa shape index (κ1) is 13.6. The maximum Gasteiger partial charge on any atom is 0.194 e. The fourth-order valence-corrected chi connectivity index (χ4v) is 3.07. The third-order valence-corrected chi connectivity index (χ3v) is 4.15. The van der Waals surface area contributed by atoms with Gasteiger partial charge in [0.25, 0.3) is 0 Å². The number of aldehydes is 1. The molecule has 5 nitrogen and oxygen atoms in total. The minimum absolute atomic E-state index is 0.543. The number of methoxy groups -OCH3 is 2. The number of imidazole rings is 1. The molecule has 2 aromatic heterocycles. The Balaban J connectivity index is 2.26. The van der Waals surface area contributed by atoms with Crippen LogP contribution in [-0.4, -0.2) is 29.9 Å². The van der Waals surface area contributed by atoms with Gasteiger partial charge in [-0.05, 0) is 24.6 Å². The first-order valence-corrected chi connectivity index (χ1v) is 7.21. The summed E-state index contributed by atoms with van der Waals surface area (Å²) in [7, 11) is 3.18. The van der Waals surface area contributed by atoms with E-state index in [9.17, 15) is 4.79 Å². The Kier molecular flexibility index (Phi) is 3.39. The molecule has 3 aromatic rings. The number of aromatic nitrogens is 2. The molecule has 1 aromatic carbocycles. The van der Waals surface area contributed by atoms with Crippen molar-refractivity contribution in [2.45, 2.75) is 6.92 Å². The molecule has 0 aliphatic heterocycles. The van der Waals surface area contributed by atoms with E-state index >= 15 is 0 Å². The second-order valence-corrected chi connectivity index (χ2v) is 5.41. The van der Waals surface area contributed by atoms with Gasteiger partial charge in [-0.1, -0.05) is 0 Å². The Hall–Kier alpha value is -2.34. The molecule has 0 N–H and O–H groups in total. The number of aryl methyl sites for hydroxylation is 1. The lowest BCUT2D eigenvalue weighted by Gasteiger charge is -2.11. The van der Waals surface area contributed by atoms with E-state index < -0.39 is 0 Å². The third kappa shape index (κ3) is 2.08. The van der Waals surface area contributed by atoms with E-state index in [-0.39, 0.29) is 0 Å². The van der Waals surface area contributed by atoms with Crippen LogP contribution in [0.25, 0.3) is 16.2 Å². The summed E-state index contributed by atoms with van der Waals surface area (Å²) >= 11 is 1.49. The highest BCUT2D eigenvalue weighted by atomic mass is 32.1. The van der Waals surface area contributed by atoms with E-state index in [1.807, 2.05) is 30.6 Å². The predicted octanol–water partition coefficient (Wildman–Crippen LogP) is 3.20. The number of nitrogens with zero attached hydrogens (tertiary/aromatic N) is 2. The molecule has 0 fully saturated rings. The first-order chi connectivity index (χ1) is 10.2. The molecule has 0 amide bonds. The maximum atomic E-state index is 11.5. The number of hydrogen-bond donors (Lipinski definition) is 0. The van der Waals surface area contributed by atoms with Crippen molar-refractivity contribution in [3.63, 3.8) is 0 Å². The highest BCUT2D eigenvalue weighted by Gasteiger charge is 2.18. The lowest BCUT2D eigenvalue weighted by Crippen LogP contribution is -1.96. The van der Waals surface area contributed by atoms with Crippen LogP contribution in [0, 0.1) is 6.92 Å². The zero-order valence-corrected chi connectivity index (χ0v) is 12.7. The Morgan fingerprint density at radius 3 is 2.62 bits per heavy atom. The molecule has 108 valence electrons. The fourth-order valence-electron chi connectivity index (χ4n) is 2.35. The summed E-state index contributed by atoms with van der Waals surface area (Å²) < 4.78 is 12.4. The number of carbonyl (C=O) groups excluding carboxylic acids is 1. The molecule has 21 heavy (non-hydrogen) atoms. The van der Waals surface area contributed by atoms with Gasteiger partial charge in [0.05, 0.1) is 14.2 Å². The maximum absolute atomic E-state index is 11.5. The van der Waals surface area contributed by atoms with Crippen LogP contribution < -0.4 is 9.47 Å². The lowest BCUT2D eigenvalue weighted by molar-refractivity contribution is 0.111. The molecule has 0 saturated heterocycles. The van der Waals surface area contributed by atoms with Gasteiger partial charge in [0.15, 0.2) is 22.7 Å². The van der Waals surface area contributed by atoms with Crippen molar-refractivity contribution in [1.29, 1.82) is 0 Å². The summed E-state index contributed by atoms with van der Waals surface area (Å²) in [6.07, 6.45) is 2.68. The second kappa shape index (κ2) is 5.21. The molecule has 0 atom stereocenters. The normalized spacial score (nSPS) is 10.8. The quantitative estimate of drug-likeness (QED) is 0.694. The predicted molar refractivity (Wildman–Crippen MR) is 81.7 cm³/mol. The third-order valence-electron chi connectivity index (χ3n) is 3.40. The Morgan fingerprint density at radius 2 is 1.95 bits per heavy atom. The summed E-state index contributed by atoms with van der Waals surface area (Å²) in [4.78, 5) is 16.8. The number of hydrogen-bond acceptors (Lipinski definition) is 5. The van der Waals surface area contributed by atoms with Crippen molar-refractivity contribution in [3.8, 4) is 22.8 Å². The number of rotatable bonds is 4. The van der Waals surface area contributed by atoms with Gasteiger partial charge in [-0.25, -0.2) is 4.98 Å². The van der Waals surface area contributed by atoms with Gasteiger partial charge in [-0.3, -0.25) is 9.20 Å². The molecule has 2 heterocycles. The zero-order valence-electron chi connectivity index (χ0n) is 11.9. The largest absolute Gasteiger partial charge is 0.493 e. The number of fused-ring (bicyclic) bond motifs is 1. The van der Waals surface area contributed by atoms with Crippen LogP contribution in [-0.2, 0) is 0 Å². The number of ether oxygens (including phenoxy) is 2. The number of benzene rings is 1. The summed E-state index contributed by atoms with van der Waals surface area (Å²) in [5, 5.41) is 1.90. The van der Waals surface area contributed by atoms with Crippen molar-refractivity contribution in [2.75, 3.05) is 14.2 Å². The van der Waals surface area contributed by atoms with Gasteiger partial charge < -0.3 is 9.47 Å². The van der Waals surface area contributed by atoms with Crippen LogP contribution in [0.1, 0.15) is 16.1 Å². The molecule has 0 unspecified atom stereocenters.